The Kier molecular flexibility index (Phi) is 6.36. The molecule has 0 spiro atoms. The third kappa shape index (κ3) is 5.27. The molecule has 35 heavy (non-hydrogen) atoms. The summed E-state index contributed by atoms with van der Waals surface area (Å²) in [6.07, 6.45) is 6.65. The van der Waals surface area contributed by atoms with Gasteiger partial charge in [0, 0.05) is 30.1 Å². The summed E-state index contributed by atoms with van der Waals surface area (Å²) in [4.78, 5) is 25.0. The highest BCUT2D eigenvalue weighted by atomic mass is 16.2. The summed E-state index contributed by atoms with van der Waals surface area (Å²) < 4.78 is 1.81. The van der Waals surface area contributed by atoms with Crippen molar-refractivity contribution in [2.24, 2.45) is 0 Å². The molecule has 0 aliphatic carbocycles. The predicted octanol–water partition coefficient (Wildman–Crippen LogP) is 4.87. The summed E-state index contributed by atoms with van der Waals surface area (Å²) in [5.74, 6) is 0.0388. The van der Waals surface area contributed by atoms with E-state index in [-0.39, 0.29) is 17.9 Å². The standard InChI is InChI=1S/C29H30N4O2/c1-21(25-19-30-33(20-25)26-9-3-2-4-10-26)31-27(34)13-15-29(16-14-28(35)32-29)18-22-11-12-23-7-5-6-8-24(23)17-22/h2-12,17,19-21H,13-16,18H2,1H3,(H,31,34)(H,32,35)/t21-,29+/m1/s1. The van der Waals surface area contributed by atoms with Crippen LogP contribution in [0.4, 0.5) is 0 Å². The first-order valence-electron chi connectivity index (χ1n) is 12.2. The molecule has 0 saturated carbocycles. The zero-order valence-electron chi connectivity index (χ0n) is 19.9. The molecular weight excluding hydrogens is 436 g/mol. The van der Waals surface area contributed by atoms with E-state index >= 15 is 0 Å². The minimum atomic E-state index is -0.391. The molecule has 1 fully saturated rings. The molecule has 4 aromatic rings. The highest BCUT2D eigenvalue weighted by Gasteiger charge is 2.38. The number of hydrogen-bond donors (Lipinski definition) is 2. The van der Waals surface area contributed by atoms with Crippen molar-refractivity contribution in [2.75, 3.05) is 0 Å². The largest absolute Gasteiger partial charge is 0.350 e. The Bertz CT molecular complexity index is 1350. The number of nitrogens with zero attached hydrogens (tertiary/aromatic N) is 2. The van der Waals surface area contributed by atoms with Crippen LogP contribution >= 0.6 is 0 Å². The Balaban J connectivity index is 1.22. The van der Waals surface area contributed by atoms with Crippen molar-refractivity contribution < 1.29 is 9.59 Å². The number of benzene rings is 3. The van der Waals surface area contributed by atoms with Gasteiger partial charge in [0.25, 0.3) is 0 Å². The minimum Gasteiger partial charge on any atom is -0.350 e. The molecule has 3 aromatic carbocycles. The Morgan fingerprint density at radius 2 is 1.86 bits per heavy atom. The van der Waals surface area contributed by atoms with Gasteiger partial charge < -0.3 is 10.6 Å². The van der Waals surface area contributed by atoms with Crippen molar-refractivity contribution in [3.63, 3.8) is 0 Å². The molecule has 1 aromatic heterocycles. The van der Waals surface area contributed by atoms with Gasteiger partial charge >= 0.3 is 0 Å². The fourth-order valence-corrected chi connectivity index (χ4v) is 4.95. The topological polar surface area (TPSA) is 76.0 Å². The SMILES string of the molecule is C[C@@H](NC(=O)CC[C@@]1(Cc2ccc3ccccc3c2)CCC(=O)N1)c1cnn(-c2ccccc2)c1. The zero-order valence-corrected chi connectivity index (χ0v) is 19.9. The van der Waals surface area contributed by atoms with E-state index in [0.29, 0.717) is 19.3 Å². The average molecular weight is 467 g/mol. The minimum absolute atomic E-state index is 0.0241. The molecule has 178 valence electrons. The summed E-state index contributed by atoms with van der Waals surface area (Å²) in [5, 5.41) is 13.1. The lowest BCUT2D eigenvalue weighted by atomic mass is 9.84. The van der Waals surface area contributed by atoms with Crippen LogP contribution in [0.15, 0.2) is 85.2 Å². The van der Waals surface area contributed by atoms with Gasteiger partial charge in [0.05, 0.1) is 17.9 Å². The quantitative estimate of drug-likeness (QED) is 0.389. The van der Waals surface area contributed by atoms with Crippen LogP contribution in [0.25, 0.3) is 16.5 Å². The van der Waals surface area contributed by atoms with Gasteiger partial charge in [0.2, 0.25) is 11.8 Å². The lowest BCUT2D eigenvalue weighted by molar-refractivity contribution is -0.123. The number of para-hydroxylation sites is 1. The van der Waals surface area contributed by atoms with Crippen molar-refractivity contribution in [3.8, 4) is 5.69 Å². The number of rotatable bonds is 8. The van der Waals surface area contributed by atoms with Crippen LogP contribution in [0.5, 0.6) is 0 Å². The van der Waals surface area contributed by atoms with E-state index in [4.69, 9.17) is 0 Å². The van der Waals surface area contributed by atoms with Gasteiger partial charge in [-0.1, -0.05) is 60.7 Å². The van der Waals surface area contributed by atoms with Gasteiger partial charge in [0.15, 0.2) is 0 Å². The van der Waals surface area contributed by atoms with Crippen molar-refractivity contribution in [1.29, 1.82) is 0 Å². The summed E-state index contributed by atoms with van der Waals surface area (Å²) in [5.41, 5.74) is 2.71. The first kappa shape index (κ1) is 22.8. The molecule has 0 unspecified atom stereocenters. The normalized spacial score (nSPS) is 18.4. The van der Waals surface area contributed by atoms with Crippen molar-refractivity contribution in [3.05, 3.63) is 96.3 Å². The molecule has 1 aliphatic rings. The maximum atomic E-state index is 12.9. The average Bonchev–Trinajstić information content (AvgIpc) is 3.51. The van der Waals surface area contributed by atoms with Crippen molar-refractivity contribution in [2.45, 2.75) is 50.6 Å². The lowest BCUT2D eigenvalue weighted by Gasteiger charge is -2.29. The van der Waals surface area contributed by atoms with Crippen LogP contribution in [-0.4, -0.2) is 27.1 Å². The van der Waals surface area contributed by atoms with E-state index in [9.17, 15) is 9.59 Å². The molecule has 2 N–H and O–H groups in total. The maximum Gasteiger partial charge on any atom is 0.220 e. The summed E-state index contributed by atoms with van der Waals surface area (Å²) >= 11 is 0. The number of nitrogens with one attached hydrogen (secondary N) is 2. The van der Waals surface area contributed by atoms with Gasteiger partial charge in [-0.05, 0) is 54.7 Å². The van der Waals surface area contributed by atoms with E-state index in [1.807, 2.05) is 60.3 Å². The van der Waals surface area contributed by atoms with Gasteiger partial charge in [0.1, 0.15) is 0 Å². The Hall–Kier alpha value is -3.93. The molecular formula is C29H30N4O2. The highest BCUT2D eigenvalue weighted by molar-refractivity contribution is 5.83. The number of carbonyl (C=O) groups is 2. The molecule has 0 bridgehead atoms. The first-order chi connectivity index (χ1) is 17.0. The molecule has 2 amide bonds. The van der Waals surface area contributed by atoms with E-state index < -0.39 is 5.54 Å². The van der Waals surface area contributed by atoms with Crippen LogP contribution < -0.4 is 10.6 Å². The Morgan fingerprint density at radius 3 is 2.63 bits per heavy atom. The third-order valence-electron chi connectivity index (χ3n) is 6.92. The van der Waals surface area contributed by atoms with Crippen molar-refractivity contribution in [1.82, 2.24) is 20.4 Å². The Labute approximate surface area is 205 Å². The monoisotopic (exact) mass is 466 g/mol. The van der Waals surface area contributed by atoms with Crippen LogP contribution in [0, 0.1) is 0 Å². The van der Waals surface area contributed by atoms with E-state index in [1.54, 1.807) is 6.20 Å². The molecule has 6 nitrogen and oxygen atoms in total. The van der Waals surface area contributed by atoms with Crippen LogP contribution in [0.1, 0.15) is 49.8 Å². The van der Waals surface area contributed by atoms with Crippen LogP contribution in [-0.2, 0) is 16.0 Å². The number of fused-ring (bicyclic) bond motifs is 1. The van der Waals surface area contributed by atoms with Gasteiger partial charge in [-0.25, -0.2) is 4.68 Å². The number of hydrogen-bond acceptors (Lipinski definition) is 3. The smallest absolute Gasteiger partial charge is 0.220 e. The van der Waals surface area contributed by atoms with Gasteiger partial charge in [-0.3, -0.25) is 9.59 Å². The maximum absolute atomic E-state index is 12.9. The Morgan fingerprint density at radius 1 is 1.09 bits per heavy atom. The van der Waals surface area contributed by atoms with E-state index in [2.05, 4.69) is 46.1 Å². The van der Waals surface area contributed by atoms with E-state index in [1.165, 1.54) is 16.3 Å². The highest BCUT2D eigenvalue weighted by Crippen LogP contribution is 2.31. The fourth-order valence-electron chi connectivity index (χ4n) is 4.95. The van der Waals surface area contributed by atoms with Crippen molar-refractivity contribution >= 4 is 22.6 Å². The summed E-state index contributed by atoms with van der Waals surface area (Å²) in [7, 11) is 0. The summed E-state index contributed by atoms with van der Waals surface area (Å²) in [6, 6.07) is 24.4. The number of amides is 2. The third-order valence-corrected chi connectivity index (χ3v) is 6.92. The molecule has 2 atom stereocenters. The summed E-state index contributed by atoms with van der Waals surface area (Å²) in [6.45, 7) is 1.96. The second kappa shape index (κ2) is 9.74. The lowest BCUT2D eigenvalue weighted by Crippen LogP contribution is -2.44. The molecule has 2 heterocycles. The van der Waals surface area contributed by atoms with Crippen LogP contribution in [0.3, 0.4) is 0 Å². The van der Waals surface area contributed by atoms with Gasteiger partial charge in [-0.2, -0.15) is 5.10 Å². The number of aromatic nitrogens is 2. The second-order valence-electron chi connectivity index (χ2n) is 9.53. The molecule has 1 aliphatic heterocycles. The van der Waals surface area contributed by atoms with E-state index in [0.717, 1.165) is 24.1 Å². The molecule has 0 radical (unpaired) electrons. The van der Waals surface area contributed by atoms with Gasteiger partial charge in [-0.15, -0.1) is 0 Å². The molecule has 1 saturated heterocycles. The van der Waals surface area contributed by atoms with Crippen LogP contribution in [0.2, 0.25) is 0 Å². The second-order valence-corrected chi connectivity index (χ2v) is 9.53. The fraction of sp³-hybridized carbons (Fsp3) is 0.276. The number of carbonyl (C=O) groups excluding carboxylic acids is 2. The predicted molar refractivity (Wildman–Crippen MR) is 137 cm³/mol. The zero-order chi connectivity index (χ0) is 24.3. The first-order valence-corrected chi connectivity index (χ1v) is 12.2. The molecule has 5 rings (SSSR count). The molecule has 6 heteroatoms.